The molecule has 0 radical (unpaired) electrons. The SMILES string of the molecule is C[C@]12OCC[C@H]1[C@H](c1ccccc1)Nc1ccccc12. The van der Waals surface area contributed by atoms with Crippen LogP contribution in [0.5, 0.6) is 0 Å². The average Bonchev–Trinajstić information content (AvgIpc) is 2.90. The van der Waals surface area contributed by atoms with Crippen molar-refractivity contribution in [3.63, 3.8) is 0 Å². The van der Waals surface area contributed by atoms with Gasteiger partial charge in [-0.1, -0.05) is 48.5 Å². The lowest BCUT2D eigenvalue weighted by Crippen LogP contribution is -2.40. The molecule has 102 valence electrons. The summed E-state index contributed by atoms with van der Waals surface area (Å²) in [5.74, 6) is 0.486. The van der Waals surface area contributed by atoms with Crippen LogP contribution in [0.4, 0.5) is 5.69 Å². The highest BCUT2D eigenvalue weighted by Gasteiger charge is 2.50. The van der Waals surface area contributed by atoms with Gasteiger partial charge in [-0.25, -0.2) is 0 Å². The minimum Gasteiger partial charge on any atom is -0.378 e. The number of benzene rings is 2. The number of para-hydroxylation sites is 1. The molecular formula is C18H19NO. The maximum Gasteiger partial charge on any atom is 0.0974 e. The molecule has 0 saturated carbocycles. The predicted molar refractivity (Wildman–Crippen MR) is 80.7 cm³/mol. The van der Waals surface area contributed by atoms with Gasteiger partial charge < -0.3 is 10.1 Å². The van der Waals surface area contributed by atoms with Gasteiger partial charge in [0.15, 0.2) is 0 Å². The Morgan fingerprint density at radius 3 is 2.65 bits per heavy atom. The van der Waals surface area contributed by atoms with E-state index in [2.05, 4.69) is 66.8 Å². The molecule has 0 bridgehead atoms. The Morgan fingerprint density at radius 1 is 1.05 bits per heavy atom. The van der Waals surface area contributed by atoms with Gasteiger partial charge in [-0.3, -0.25) is 0 Å². The van der Waals surface area contributed by atoms with Gasteiger partial charge in [0.25, 0.3) is 0 Å². The molecule has 4 rings (SSSR count). The van der Waals surface area contributed by atoms with E-state index in [4.69, 9.17) is 4.74 Å². The molecule has 1 fully saturated rings. The van der Waals surface area contributed by atoms with Crippen molar-refractivity contribution in [1.29, 1.82) is 0 Å². The molecule has 2 heteroatoms. The quantitative estimate of drug-likeness (QED) is 0.838. The Balaban J connectivity index is 1.85. The summed E-state index contributed by atoms with van der Waals surface area (Å²) in [6, 6.07) is 19.6. The topological polar surface area (TPSA) is 21.3 Å². The first-order chi connectivity index (χ1) is 9.79. The highest BCUT2D eigenvalue weighted by Crippen LogP contribution is 2.53. The molecule has 0 amide bonds. The second-order valence-corrected chi connectivity index (χ2v) is 5.93. The third-order valence-electron chi connectivity index (χ3n) is 4.87. The zero-order valence-corrected chi connectivity index (χ0v) is 11.7. The van der Waals surface area contributed by atoms with E-state index in [-0.39, 0.29) is 5.60 Å². The lowest BCUT2D eigenvalue weighted by molar-refractivity contribution is -0.0178. The Kier molecular flexibility index (Phi) is 2.61. The van der Waals surface area contributed by atoms with Crippen molar-refractivity contribution in [2.75, 3.05) is 11.9 Å². The van der Waals surface area contributed by atoms with Crippen molar-refractivity contribution in [3.05, 3.63) is 65.7 Å². The van der Waals surface area contributed by atoms with E-state index in [1.165, 1.54) is 16.8 Å². The van der Waals surface area contributed by atoms with Gasteiger partial charge in [0.05, 0.1) is 11.6 Å². The first-order valence-corrected chi connectivity index (χ1v) is 7.34. The van der Waals surface area contributed by atoms with Crippen molar-refractivity contribution >= 4 is 5.69 Å². The molecule has 0 aliphatic carbocycles. The van der Waals surface area contributed by atoms with E-state index in [1.54, 1.807) is 0 Å². The van der Waals surface area contributed by atoms with Gasteiger partial charge in [0, 0.05) is 23.8 Å². The van der Waals surface area contributed by atoms with Crippen LogP contribution in [0.15, 0.2) is 54.6 Å². The highest BCUT2D eigenvalue weighted by atomic mass is 16.5. The number of hydrogen-bond donors (Lipinski definition) is 1. The lowest BCUT2D eigenvalue weighted by Gasteiger charge is -2.43. The lowest BCUT2D eigenvalue weighted by atomic mass is 9.73. The van der Waals surface area contributed by atoms with E-state index in [0.29, 0.717) is 12.0 Å². The molecule has 2 aromatic carbocycles. The molecule has 0 spiro atoms. The van der Waals surface area contributed by atoms with E-state index < -0.39 is 0 Å². The summed E-state index contributed by atoms with van der Waals surface area (Å²) in [5, 5.41) is 3.73. The Morgan fingerprint density at radius 2 is 1.80 bits per heavy atom. The predicted octanol–water partition coefficient (Wildman–Crippen LogP) is 4.11. The molecule has 0 aromatic heterocycles. The zero-order valence-electron chi connectivity index (χ0n) is 11.7. The van der Waals surface area contributed by atoms with Crippen LogP contribution in [0.25, 0.3) is 0 Å². The maximum absolute atomic E-state index is 6.18. The fourth-order valence-electron chi connectivity index (χ4n) is 3.83. The summed E-state index contributed by atoms with van der Waals surface area (Å²) in [6.45, 7) is 3.10. The largest absolute Gasteiger partial charge is 0.378 e. The number of hydrogen-bond acceptors (Lipinski definition) is 2. The van der Waals surface area contributed by atoms with Crippen molar-refractivity contribution in [2.45, 2.75) is 25.0 Å². The van der Waals surface area contributed by atoms with E-state index in [9.17, 15) is 0 Å². The van der Waals surface area contributed by atoms with E-state index in [0.717, 1.165) is 13.0 Å². The Labute approximate surface area is 119 Å². The molecule has 2 heterocycles. The van der Waals surface area contributed by atoms with Gasteiger partial charge in [0.1, 0.15) is 0 Å². The van der Waals surface area contributed by atoms with Crippen LogP contribution in [0.2, 0.25) is 0 Å². The van der Waals surface area contributed by atoms with Gasteiger partial charge in [-0.05, 0) is 25.0 Å². The number of nitrogens with one attached hydrogen (secondary N) is 1. The molecule has 3 atom stereocenters. The third-order valence-corrected chi connectivity index (χ3v) is 4.87. The summed E-state index contributed by atoms with van der Waals surface area (Å²) in [6.07, 6.45) is 1.11. The van der Waals surface area contributed by atoms with Crippen molar-refractivity contribution in [1.82, 2.24) is 0 Å². The number of rotatable bonds is 1. The number of fused-ring (bicyclic) bond motifs is 3. The molecule has 0 unspecified atom stereocenters. The summed E-state index contributed by atoms with van der Waals surface area (Å²) in [5.41, 5.74) is 3.70. The van der Waals surface area contributed by atoms with E-state index in [1.807, 2.05) is 0 Å². The monoisotopic (exact) mass is 265 g/mol. The van der Waals surface area contributed by atoms with Crippen LogP contribution >= 0.6 is 0 Å². The molecule has 20 heavy (non-hydrogen) atoms. The minimum absolute atomic E-state index is 0.164. The zero-order chi connectivity index (χ0) is 13.6. The molecule has 1 N–H and O–H groups in total. The third kappa shape index (κ3) is 1.61. The van der Waals surface area contributed by atoms with Gasteiger partial charge in [-0.15, -0.1) is 0 Å². The van der Waals surface area contributed by atoms with Crippen LogP contribution in [-0.2, 0) is 10.3 Å². The summed E-state index contributed by atoms with van der Waals surface area (Å²) >= 11 is 0. The maximum atomic E-state index is 6.18. The Hall–Kier alpha value is -1.80. The molecule has 2 aliphatic rings. The van der Waals surface area contributed by atoms with Crippen molar-refractivity contribution in [2.24, 2.45) is 5.92 Å². The van der Waals surface area contributed by atoms with E-state index >= 15 is 0 Å². The molecular weight excluding hydrogens is 246 g/mol. The smallest absolute Gasteiger partial charge is 0.0974 e. The van der Waals surface area contributed by atoms with Crippen molar-refractivity contribution < 1.29 is 4.74 Å². The van der Waals surface area contributed by atoms with Gasteiger partial charge >= 0.3 is 0 Å². The fraction of sp³-hybridized carbons (Fsp3) is 0.333. The van der Waals surface area contributed by atoms with Gasteiger partial charge in [0.2, 0.25) is 0 Å². The molecule has 2 aromatic rings. The minimum atomic E-state index is -0.164. The number of anilines is 1. The van der Waals surface area contributed by atoms with Crippen LogP contribution in [0.1, 0.15) is 30.5 Å². The first kappa shape index (κ1) is 12.0. The van der Waals surface area contributed by atoms with Crippen LogP contribution in [-0.4, -0.2) is 6.61 Å². The first-order valence-electron chi connectivity index (χ1n) is 7.34. The second kappa shape index (κ2) is 4.35. The molecule has 2 aliphatic heterocycles. The van der Waals surface area contributed by atoms with Crippen LogP contribution < -0.4 is 5.32 Å². The fourth-order valence-corrected chi connectivity index (χ4v) is 3.83. The molecule has 2 nitrogen and oxygen atoms in total. The average molecular weight is 265 g/mol. The van der Waals surface area contributed by atoms with Gasteiger partial charge in [-0.2, -0.15) is 0 Å². The van der Waals surface area contributed by atoms with Crippen LogP contribution in [0.3, 0.4) is 0 Å². The summed E-state index contributed by atoms with van der Waals surface area (Å²) in [4.78, 5) is 0. The highest BCUT2D eigenvalue weighted by molar-refractivity contribution is 5.59. The second-order valence-electron chi connectivity index (χ2n) is 5.93. The standard InChI is InChI=1S/C18H19NO/c1-18-14-9-5-6-10-16(14)19-17(15(18)11-12-20-18)13-7-3-2-4-8-13/h2-10,15,17,19H,11-12H2,1H3/t15-,17-,18+/m0/s1. The Bertz CT molecular complexity index is 624. The summed E-state index contributed by atoms with van der Waals surface area (Å²) in [7, 11) is 0. The van der Waals surface area contributed by atoms with Crippen LogP contribution in [0, 0.1) is 5.92 Å². The number of ether oxygens (including phenoxy) is 1. The van der Waals surface area contributed by atoms with Crippen molar-refractivity contribution in [3.8, 4) is 0 Å². The normalized spacial score (nSPS) is 31.2. The summed E-state index contributed by atoms with van der Waals surface area (Å²) < 4.78 is 6.18. The molecule has 1 saturated heterocycles.